The van der Waals surface area contributed by atoms with Gasteiger partial charge in [0.2, 0.25) is 0 Å². The third-order valence-corrected chi connectivity index (χ3v) is 4.77. The van der Waals surface area contributed by atoms with Crippen molar-refractivity contribution in [3.05, 3.63) is 35.5 Å². The van der Waals surface area contributed by atoms with E-state index in [0.29, 0.717) is 17.5 Å². The zero-order chi connectivity index (χ0) is 19.1. The van der Waals surface area contributed by atoms with Crippen molar-refractivity contribution in [2.24, 2.45) is 0 Å². The van der Waals surface area contributed by atoms with Crippen LogP contribution in [0.3, 0.4) is 0 Å². The Hall–Kier alpha value is -2.68. The van der Waals surface area contributed by atoms with Gasteiger partial charge in [0.1, 0.15) is 11.6 Å². The lowest BCUT2D eigenvalue weighted by atomic mass is 10.0. The normalized spacial score (nSPS) is 18.7. The van der Waals surface area contributed by atoms with Gasteiger partial charge in [-0.3, -0.25) is 4.79 Å². The van der Waals surface area contributed by atoms with E-state index in [2.05, 4.69) is 17.1 Å². The van der Waals surface area contributed by atoms with Gasteiger partial charge >= 0.3 is 0 Å². The van der Waals surface area contributed by atoms with Gasteiger partial charge in [-0.2, -0.15) is 5.26 Å². The molecule has 1 aromatic carbocycles. The summed E-state index contributed by atoms with van der Waals surface area (Å²) in [5.41, 5.74) is 1.01. The molecular formula is C20H27N3O3. The van der Waals surface area contributed by atoms with Gasteiger partial charge in [-0.15, -0.1) is 0 Å². The van der Waals surface area contributed by atoms with Gasteiger partial charge in [0.25, 0.3) is 5.91 Å². The maximum atomic E-state index is 12.5. The van der Waals surface area contributed by atoms with Crippen molar-refractivity contribution in [1.29, 1.82) is 5.26 Å². The number of piperidine rings is 1. The number of methoxy groups -OCH3 is 2. The molecule has 0 aromatic heterocycles. The topological polar surface area (TPSA) is 74.6 Å². The van der Waals surface area contributed by atoms with Crippen LogP contribution in [0, 0.1) is 11.3 Å². The summed E-state index contributed by atoms with van der Waals surface area (Å²) in [6.07, 6.45) is 5.05. The van der Waals surface area contributed by atoms with Crippen molar-refractivity contribution in [3.63, 3.8) is 0 Å². The van der Waals surface area contributed by atoms with E-state index >= 15 is 0 Å². The second kappa shape index (κ2) is 9.14. The van der Waals surface area contributed by atoms with Crippen molar-refractivity contribution in [2.45, 2.75) is 45.2 Å². The number of amides is 1. The molecule has 0 aliphatic carbocycles. The summed E-state index contributed by atoms with van der Waals surface area (Å²) in [5.74, 6) is 0.864. The summed E-state index contributed by atoms with van der Waals surface area (Å²) >= 11 is 0. The molecule has 1 saturated heterocycles. The third kappa shape index (κ3) is 4.69. The zero-order valence-corrected chi connectivity index (χ0v) is 15.9. The first-order valence-electron chi connectivity index (χ1n) is 8.90. The van der Waals surface area contributed by atoms with E-state index in [1.807, 2.05) is 25.1 Å². The van der Waals surface area contributed by atoms with Gasteiger partial charge in [0.15, 0.2) is 11.5 Å². The van der Waals surface area contributed by atoms with Gasteiger partial charge in [0.05, 0.1) is 20.3 Å². The van der Waals surface area contributed by atoms with E-state index in [9.17, 15) is 10.1 Å². The largest absolute Gasteiger partial charge is 0.493 e. The molecule has 6 nitrogen and oxygen atoms in total. The molecule has 2 unspecified atom stereocenters. The monoisotopic (exact) mass is 357 g/mol. The third-order valence-electron chi connectivity index (χ3n) is 4.77. The number of nitriles is 1. The second-order valence-electron chi connectivity index (χ2n) is 6.55. The minimum atomic E-state index is -0.368. The molecule has 1 amide bonds. The number of likely N-dealkylation sites (tertiary alicyclic amines) is 1. The lowest BCUT2D eigenvalue weighted by Gasteiger charge is -2.32. The van der Waals surface area contributed by atoms with E-state index in [1.165, 1.54) is 6.42 Å². The average molecular weight is 357 g/mol. The van der Waals surface area contributed by atoms with Crippen molar-refractivity contribution in [2.75, 3.05) is 20.8 Å². The van der Waals surface area contributed by atoms with E-state index in [-0.39, 0.29) is 17.5 Å². The van der Waals surface area contributed by atoms with Crippen LogP contribution >= 0.6 is 0 Å². The fourth-order valence-corrected chi connectivity index (χ4v) is 3.10. The van der Waals surface area contributed by atoms with Crippen molar-refractivity contribution in [1.82, 2.24) is 10.2 Å². The summed E-state index contributed by atoms with van der Waals surface area (Å²) < 4.78 is 10.5. The number of nitrogens with zero attached hydrogens (tertiary/aromatic N) is 2. The smallest absolute Gasteiger partial charge is 0.263 e. The minimum Gasteiger partial charge on any atom is -0.493 e. The summed E-state index contributed by atoms with van der Waals surface area (Å²) in [6.45, 7) is 4.87. The van der Waals surface area contributed by atoms with Crippen LogP contribution in [0.4, 0.5) is 0 Å². The molecule has 1 fully saturated rings. The Bertz CT molecular complexity index is 709. The number of hydrogen-bond donors (Lipinski definition) is 1. The summed E-state index contributed by atoms with van der Waals surface area (Å²) in [4.78, 5) is 14.6. The van der Waals surface area contributed by atoms with Crippen molar-refractivity contribution < 1.29 is 14.3 Å². The molecule has 140 valence electrons. The van der Waals surface area contributed by atoms with Crippen LogP contribution in [0.5, 0.6) is 11.5 Å². The number of hydrogen-bond acceptors (Lipinski definition) is 5. The van der Waals surface area contributed by atoms with Gasteiger partial charge < -0.3 is 19.7 Å². The number of nitrogens with one attached hydrogen (secondary N) is 1. The first-order chi connectivity index (χ1) is 12.5. The molecule has 0 radical (unpaired) electrons. The molecule has 1 heterocycles. The van der Waals surface area contributed by atoms with Crippen molar-refractivity contribution >= 4 is 5.91 Å². The number of carbonyl (C=O) groups is 1. The number of carbonyl (C=O) groups excluding carboxylic acids is 1. The molecule has 2 atom stereocenters. The van der Waals surface area contributed by atoms with E-state index < -0.39 is 0 Å². The first kappa shape index (κ1) is 19.6. The minimum absolute atomic E-state index is 0.131. The fraction of sp³-hybridized carbons (Fsp3) is 0.500. The fourth-order valence-electron chi connectivity index (χ4n) is 3.10. The van der Waals surface area contributed by atoms with Crippen LogP contribution in [0.1, 0.15) is 44.7 Å². The van der Waals surface area contributed by atoms with Crippen LogP contribution < -0.4 is 14.8 Å². The van der Waals surface area contributed by atoms with E-state index in [0.717, 1.165) is 24.9 Å². The SMILES string of the molecule is COc1ccc(C(C)NC(=O)/C(C#N)=C\N2CCCCC2C)cc1OC. The Kier molecular flexibility index (Phi) is 6.90. The molecule has 1 aliphatic rings. The molecule has 0 spiro atoms. The number of rotatable bonds is 6. The number of benzene rings is 1. The molecule has 6 heteroatoms. The highest BCUT2D eigenvalue weighted by atomic mass is 16.5. The molecule has 1 aliphatic heterocycles. The quantitative estimate of drug-likeness (QED) is 0.625. The Morgan fingerprint density at radius 2 is 2.08 bits per heavy atom. The standard InChI is InChI=1S/C20H27N3O3/c1-14-7-5-6-10-23(14)13-17(12-21)20(24)22-15(2)16-8-9-18(25-3)19(11-16)26-4/h8-9,11,13-15H,5-7,10H2,1-4H3,(H,22,24)/b17-13-. The van der Waals surface area contributed by atoms with Gasteiger partial charge in [-0.25, -0.2) is 0 Å². The van der Waals surface area contributed by atoms with Gasteiger partial charge in [-0.1, -0.05) is 6.07 Å². The summed E-state index contributed by atoms with van der Waals surface area (Å²) in [6, 6.07) is 7.61. The zero-order valence-electron chi connectivity index (χ0n) is 15.9. The summed E-state index contributed by atoms with van der Waals surface area (Å²) in [7, 11) is 3.15. The van der Waals surface area contributed by atoms with Gasteiger partial charge in [0, 0.05) is 18.8 Å². The predicted molar refractivity (Wildman–Crippen MR) is 99.8 cm³/mol. The Morgan fingerprint density at radius 3 is 2.69 bits per heavy atom. The summed E-state index contributed by atoms with van der Waals surface area (Å²) in [5, 5.41) is 12.3. The van der Waals surface area contributed by atoms with Crippen LogP contribution in [-0.4, -0.2) is 37.6 Å². The number of ether oxygens (including phenoxy) is 2. The molecule has 1 aromatic rings. The van der Waals surface area contributed by atoms with Crippen LogP contribution in [0.25, 0.3) is 0 Å². The second-order valence-corrected chi connectivity index (χ2v) is 6.55. The lowest BCUT2D eigenvalue weighted by molar-refractivity contribution is -0.117. The maximum absolute atomic E-state index is 12.5. The molecule has 2 rings (SSSR count). The molecular weight excluding hydrogens is 330 g/mol. The Labute approximate surface area is 155 Å². The highest BCUT2D eigenvalue weighted by molar-refractivity contribution is 5.97. The molecule has 0 bridgehead atoms. The predicted octanol–water partition coefficient (Wildman–Crippen LogP) is 3.16. The Balaban J connectivity index is 2.10. The highest BCUT2D eigenvalue weighted by Gasteiger charge is 2.20. The highest BCUT2D eigenvalue weighted by Crippen LogP contribution is 2.30. The van der Waals surface area contributed by atoms with E-state index in [1.54, 1.807) is 26.5 Å². The Morgan fingerprint density at radius 1 is 1.35 bits per heavy atom. The first-order valence-corrected chi connectivity index (χ1v) is 8.90. The van der Waals surface area contributed by atoms with Gasteiger partial charge in [-0.05, 0) is 50.8 Å². The van der Waals surface area contributed by atoms with E-state index in [4.69, 9.17) is 9.47 Å². The lowest BCUT2D eigenvalue weighted by Crippen LogP contribution is -2.35. The molecule has 0 saturated carbocycles. The van der Waals surface area contributed by atoms with Crippen LogP contribution in [-0.2, 0) is 4.79 Å². The maximum Gasteiger partial charge on any atom is 0.263 e. The molecule has 1 N–H and O–H groups in total. The molecule has 26 heavy (non-hydrogen) atoms. The average Bonchev–Trinajstić information content (AvgIpc) is 2.66. The van der Waals surface area contributed by atoms with Crippen LogP contribution in [0.15, 0.2) is 30.0 Å². The van der Waals surface area contributed by atoms with Crippen LogP contribution in [0.2, 0.25) is 0 Å². The van der Waals surface area contributed by atoms with Crippen molar-refractivity contribution in [3.8, 4) is 17.6 Å².